The number of H-pyrrole nitrogens is 1. The third kappa shape index (κ3) is 4.91. The monoisotopic (exact) mass is 467 g/mol. The number of para-hydroxylation sites is 2. The number of carbonyl (C=O) groups excluding carboxylic acids is 1. The predicted molar refractivity (Wildman–Crippen MR) is 118 cm³/mol. The molecular weight excluding hydrogens is 454 g/mol. The molecule has 4 rings (SSSR count). The normalized spacial score (nSPS) is 11.8. The molecule has 0 amide bonds. The molecule has 9 nitrogen and oxygen atoms in total. The highest BCUT2D eigenvalue weighted by Crippen LogP contribution is 2.24. The van der Waals surface area contributed by atoms with Crippen molar-refractivity contribution in [2.45, 2.75) is 5.22 Å². The Bertz CT molecular complexity index is 1310. The van der Waals surface area contributed by atoms with Crippen LogP contribution in [0.1, 0.15) is 5.82 Å². The highest BCUT2D eigenvalue weighted by molar-refractivity contribution is 7.99. The van der Waals surface area contributed by atoms with Crippen molar-refractivity contribution < 1.29 is 19.1 Å². The van der Waals surface area contributed by atoms with E-state index in [1.54, 1.807) is 36.4 Å². The lowest BCUT2D eigenvalue weighted by Gasteiger charge is -2.04. The summed E-state index contributed by atoms with van der Waals surface area (Å²) < 4.78 is 10.5. The summed E-state index contributed by atoms with van der Waals surface area (Å²) in [4.78, 5) is 19.3. The van der Waals surface area contributed by atoms with E-state index in [2.05, 4.69) is 20.2 Å². The molecule has 32 heavy (non-hydrogen) atoms. The van der Waals surface area contributed by atoms with Crippen molar-refractivity contribution in [2.75, 3.05) is 12.4 Å². The maximum absolute atomic E-state index is 12.0. The molecule has 2 aromatic heterocycles. The largest absolute Gasteiger partial charge is 0.507 e. The lowest BCUT2D eigenvalue weighted by atomic mass is 10.2. The number of aromatic amines is 1. The van der Waals surface area contributed by atoms with E-state index in [0.29, 0.717) is 27.5 Å². The van der Waals surface area contributed by atoms with E-state index in [9.17, 15) is 15.2 Å². The fourth-order valence-electron chi connectivity index (χ4n) is 2.69. The van der Waals surface area contributed by atoms with Crippen LogP contribution >= 0.6 is 23.4 Å². The van der Waals surface area contributed by atoms with E-state index >= 15 is 0 Å². The predicted octanol–water partition coefficient (Wildman–Crippen LogP) is 4.39. The van der Waals surface area contributed by atoms with Gasteiger partial charge in [0.25, 0.3) is 5.22 Å². The van der Waals surface area contributed by atoms with Crippen LogP contribution in [-0.4, -0.2) is 43.6 Å². The molecule has 0 radical (unpaired) electrons. The molecule has 2 N–H and O–H groups in total. The van der Waals surface area contributed by atoms with Gasteiger partial charge in [0.1, 0.15) is 24.0 Å². The van der Waals surface area contributed by atoms with Gasteiger partial charge in [-0.1, -0.05) is 35.5 Å². The number of aromatic nitrogens is 4. The Labute approximate surface area is 190 Å². The fraction of sp³-hybridized carbons (Fsp3) is 0.0952. The number of carbonyl (C=O) groups is 1. The maximum atomic E-state index is 12.0. The molecule has 2 heterocycles. The number of esters is 1. The van der Waals surface area contributed by atoms with Gasteiger partial charge in [-0.2, -0.15) is 5.26 Å². The molecule has 0 aliphatic carbocycles. The number of nitriles is 1. The number of rotatable bonds is 7. The molecule has 0 bridgehead atoms. The van der Waals surface area contributed by atoms with Crippen LogP contribution in [0, 0.1) is 11.3 Å². The van der Waals surface area contributed by atoms with E-state index in [1.807, 2.05) is 18.2 Å². The zero-order valence-corrected chi connectivity index (χ0v) is 17.9. The number of nitrogens with one attached hydrogen (secondary N) is 1. The van der Waals surface area contributed by atoms with Crippen LogP contribution in [0.4, 0.5) is 0 Å². The van der Waals surface area contributed by atoms with E-state index < -0.39 is 18.3 Å². The second-order valence-electron chi connectivity index (χ2n) is 6.37. The number of nitrogens with zero attached hydrogens (tertiary/aromatic N) is 4. The zero-order valence-electron chi connectivity index (χ0n) is 16.3. The first-order chi connectivity index (χ1) is 15.5. The molecule has 0 saturated heterocycles. The Morgan fingerprint density at radius 3 is 2.75 bits per heavy atom. The number of allylic oxidation sites excluding steroid dienone is 1. The Morgan fingerprint density at radius 1 is 1.22 bits per heavy atom. The molecule has 4 aromatic rings. The number of halogens is 1. The Kier molecular flexibility index (Phi) is 6.39. The van der Waals surface area contributed by atoms with Crippen molar-refractivity contribution in [1.29, 1.82) is 5.26 Å². The number of fused-ring (bicyclic) bond motifs is 1. The highest BCUT2D eigenvalue weighted by Gasteiger charge is 2.16. The molecule has 0 saturated carbocycles. The number of hydrogen-bond acceptors (Lipinski definition) is 9. The van der Waals surface area contributed by atoms with Crippen LogP contribution in [0.2, 0.25) is 5.02 Å². The lowest BCUT2D eigenvalue weighted by Crippen LogP contribution is -2.11. The summed E-state index contributed by atoms with van der Waals surface area (Å²) >= 11 is 6.85. The highest BCUT2D eigenvalue weighted by atomic mass is 35.5. The van der Waals surface area contributed by atoms with Crippen molar-refractivity contribution >= 4 is 45.9 Å². The number of ether oxygens (including phenoxy) is 1. The summed E-state index contributed by atoms with van der Waals surface area (Å²) in [6, 6.07) is 16.0. The van der Waals surface area contributed by atoms with Crippen molar-refractivity contribution in [3.63, 3.8) is 0 Å². The molecule has 11 heteroatoms. The van der Waals surface area contributed by atoms with E-state index in [1.165, 1.54) is 0 Å². The average molecular weight is 468 g/mol. The summed E-state index contributed by atoms with van der Waals surface area (Å²) in [6.07, 6.45) is 0. The summed E-state index contributed by atoms with van der Waals surface area (Å²) in [6.45, 7) is -0.473. The van der Waals surface area contributed by atoms with Crippen LogP contribution in [-0.2, 0) is 9.53 Å². The van der Waals surface area contributed by atoms with Gasteiger partial charge in [-0.25, -0.2) is 4.98 Å². The number of imidazole rings is 1. The first-order valence-corrected chi connectivity index (χ1v) is 10.5. The van der Waals surface area contributed by atoms with Gasteiger partial charge in [-0.3, -0.25) is 4.79 Å². The smallest absolute Gasteiger partial charge is 0.316 e. The standard InChI is InChI=1S/C21H14ClN5O4S/c22-13-7-5-12(6-8-13)20-26-27-21(31-20)32-11-18(29)30-10-17(28)14(9-23)19-24-15-3-1-2-4-16(15)25-19/h1-8,28H,10-11H2,(H,24,25). The molecule has 0 aliphatic heterocycles. The van der Waals surface area contributed by atoms with Crippen LogP contribution in [0.15, 0.2) is 63.9 Å². The van der Waals surface area contributed by atoms with Gasteiger partial charge in [0.05, 0.1) is 11.0 Å². The molecular formula is C21H14ClN5O4S. The third-order valence-electron chi connectivity index (χ3n) is 4.21. The number of thioether (sulfide) groups is 1. The summed E-state index contributed by atoms with van der Waals surface area (Å²) in [5.74, 6) is -0.676. The second-order valence-corrected chi connectivity index (χ2v) is 7.73. The van der Waals surface area contributed by atoms with E-state index in [0.717, 1.165) is 11.8 Å². The molecule has 0 aliphatic rings. The number of aliphatic hydroxyl groups is 1. The van der Waals surface area contributed by atoms with Crippen molar-refractivity contribution in [2.24, 2.45) is 0 Å². The summed E-state index contributed by atoms with van der Waals surface area (Å²) in [5, 5.41) is 28.2. The van der Waals surface area contributed by atoms with E-state index in [4.69, 9.17) is 20.8 Å². The maximum Gasteiger partial charge on any atom is 0.316 e. The Morgan fingerprint density at radius 2 is 2.00 bits per heavy atom. The minimum Gasteiger partial charge on any atom is -0.507 e. The van der Waals surface area contributed by atoms with Gasteiger partial charge in [0.2, 0.25) is 5.89 Å². The van der Waals surface area contributed by atoms with Gasteiger partial charge in [-0.15, -0.1) is 10.2 Å². The molecule has 0 spiro atoms. The zero-order chi connectivity index (χ0) is 22.5. The van der Waals surface area contributed by atoms with Gasteiger partial charge in [0, 0.05) is 10.6 Å². The van der Waals surface area contributed by atoms with Crippen LogP contribution in [0.3, 0.4) is 0 Å². The molecule has 2 aromatic carbocycles. The van der Waals surface area contributed by atoms with E-state index in [-0.39, 0.29) is 22.4 Å². The number of benzene rings is 2. The van der Waals surface area contributed by atoms with Crippen LogP contribution < -0.4 is 0 Å². The lowest BCUT2D eigenvalue weighted by molar-refractivity contribution is -0.140. The summed E-state index contributed by atoms with van der Waals surface area (Å²) in [5.41, 5.74) is 1.95. The first-order valence-electron chi connectivity index (χ1n) is 9.18. The van der Waals surface area contributed by atoms with Crippen LogP contribution in [0.25, 0.3) is 28.1 Å². The van der Waals surface area contributed by atoms with Crippen molar-refractivity contribution in [1.82, 2.24) is 20.2 Å². The molecule has 0 atom stereocenters. The molecule has 0 unspecified atom stereocenters. The van der Waals surface area contributed by atoms with Crippen LogP contribution in [0.5, 0.6) is 0 Å². The SMILES string of the molecule is N#CC(=C(O)COC(=O)CSc1nnc(-c2ccc(Cl)cc2)o1)c1nc2ccccc2[nH]1. The molecule has 0 fully saturated rings. The number of hydrogen-bond donors (Lipinski definition) is 2. The quantitative estimate of drug-likeness (QED) is 0.175. The average Bonchev–Trinajstić information content (AvgIpc) is 3.44. The van der Waals surface area contributed by atoms with Crippen molar-refractivity contribution in [3.8, 4) is 17.5 Å². The minimum absolute atomic E-state index is 0.105. The molecule has 160 valence electrons. The Balaban J connectivity index is 1.34. The Hall–Kier alpha value is -3.81. The van der Waals surface area contributed by atoms with Gasteiger partial charge < -0.3 is 19.2 Å². The van der Waals surface area contributed by atoms with Gasteiger partial charge in [-0.05, 0) is 36.4 Å². The second kappa shape index (κ2) is 9.55. The number of aliphatic hydroxyl groups excluding tert-OH is 1. The first kappa shape index (κ1) is 21.4. The third-order valence-corrected chi connectivity index (χ3v) is 5.25. The van der Waals surface area contributed by atoms with Gasteiger partial charge >= 0.3 is 5.97 Å². The summed E-state index contributed by atoms with van der Waals surface area (Å²) in [7, 11) is 0. The van der Waals surface area contributed by atoms with Crippen molar-refractivity contribution in [3.05, 3.63) is 65.1 Å². The minimum atomic E-state index is -0.630. The topological polar surface area (TPSA) is 138 Å². The fourth-order valence-corrected chi connectivity index (χ4v) is 3.37. The van der Waals surface area contributed by atoms with Gasteiger partial charge in [0.15, 0.2) is 11.6 Å².